The van der Waals surface area contributed by atoms with E-state index in [1.54, 1.807) is 13.8 Å². The van der Waals surface area contributed by atoms with Crippen molar-refractivity contribution >= 4 is 21.8 Å². The van der Waals surface area contributed by atoms with Gasteiger partial charge >= 0.3 is 6.09 Å². The number of carbonyl (C=O) groups excluding carboxylic acids is 2. The van der Waals surface area contributed by atoms with Crippen molar-refractivity contribution in [2.75, 3.05) is 12.9 Å². The van der Waals surface area contributed by atoms with Crippen LogP contribution in [-0.4, -0.2) is 33.3 Å². The van der Waals surface area contributed by atoms with E-state index < -0.39 is 21.8 Å². The van der Waals surface area contributed by atoms with Crippen LogP contribution in [0.4, 0.5) is 4.79 Å². The van der Waals surface area contributed by atoms with Gasteiger partial charge in [-0.1, -0.05) is 6.07 Å². The normalized spacial score (nSPS) is 10.8. The van der Waals surface area contributed by atoms with Crippen LogP contribution in [0.25, 0.3) is 0 Å². The van der Waals surface area contributed by atoms with Crippen molar-refractivity contribution in [3.63, 3.8) is 0 Å². The van der Waals surface area contributed by atoms with Gasteiger partial charge in [0.25, 0.3) is 5.91 Å². The molecule has 0 heterocycles. The highest BCUT2D eigenvalue weighted by molar-refractivity contribution is 7.90. The number of sulfone groups is 1. The zero-order chi connectivity index (χ0) is 15.3. The maximum atomic E-state index is 11.9. The topological polar surface area (TPSA) is 102 Å². The van der Waals surface area contributed by atoms with E-state index in [1.165, 1.54) is 18.2 Å². The molecule has 0 fully saturated rings. The highest BCUT2D eigenvalue weighted by Gasteiger charge is 2.15. The Morgan fingerprint density at radius 3 is 2.45 bits per heavy atom. The second kappa shape index (κ2) is 6.38. The lowest BCUT2D eigenvalue weighted by Crippen LogP contribution is -2.42. The minimum Gasteiger partial charge on any atom is -0.449 e. The van der Waals surface area contributed by atoms with Crippen LogP contribution in [0.1, 0.15) is 22.8 Å². The molecule has 0 spiro atoms. The highest BCUT2D eigenvalue weighted by Crippen LogP contribution is 2.15. The first-order valence-corrected chi connectivity index (χ1v) is 7.68. The van der Waals surface area contributed by atoms with E-state index in [9.17, 15) is 18.0 Å². The monoisotopic (exact) mass is 300 g/mol. The lowest BCUT2D eigenvalue weighted by Gasteiger charge is -2.10. The third-order valence-corrected chi connectivity index (χ3v) is 3.55. The zero-order valence-electron chi connectivity index (χ0n) is 11.4. The standard InChI is InChI=1S/C12H16N2O5S/c1-4-19-12(16)14-13-11(15)10-7-9(20(3,17)18)6-5-8(10)2/h5-7H,4H2,1-3H3,(H,13,15)(H,14,16). The smallest absolute Gasteiger partial charge is 0.426 e. The summed E-state index contributed by atoms with van der Waals surface area (Å²) in [6.07, 6.45) is 0.258. The highest BCUT2D eigenvalue weighted by atomic mass is 32.2. The van der Waals surface area contributed by atoms with Gasteiger partial charge in [-0.2, -0.15) is 0 Å². The summed E-state index contributed by atoms with van der Waals surface area (Å²) < 4.78 is 27.5. The van der Waals surface area contributed by atoms with E-state index in [-0.39, 0.29) is 17.1 Å². The molecule has 0 saturated carbocycles. The van der Waals surface area contributed by atoms with Crippen LogP contribution in [0.15, 0.2) is 23.1 Å². The average Bonchev–Trinajstić information content (AvgIpc) is 2.35. The number of rotatable bonds is 3. The number of nitrogens with one attached hydrogen (secondary N) is 2. The van der Waals surface area contributed by atoms with Gasteiger partial charge in [0.05, 0.1) is 11.5 Å². The minimum absolute atomic E-state index is 0.0318. The molecular weight excluding hydrogens is 284 g/mol. The number of aryl methyl sites for hydroxylation is 1. The predicted octanol–water partition coefficient (Wildman–Crippen LogP) is 0.789. The minimum atomic E-state index is -3.41. The van der Waals surface area contributed by atoms with Crippen LogP contribution >= 0.6 is 0 Å². The summed E-state index contributed by atoms with van der Waals surface area (Å²) in [7, 11) is -3.41. The Hall–Kier alpha value is -2.09. The third-order valence-electron chi connectivity index (χ3n) is 2.44. The molecule has 1 aromatic rings. The van der Waals surface area contributed by atoms with Crippen molar-refractivity contribution < 1.29 is 22.7 Å². The van der Waals surface area contributed by atoms with E-state index in [1.807, 2.05) is 0 Å². The van der Waals surface area contributed by atoms with Crippen molar-refractivity contribution in [1.29, 1.82) is 0 Å². The molecule has 1 aromatic carbocycles. The van der Waals surface area contributed by atoms with Crippen molar-refractivity contribution in [1.82, 2.24) is 10.9 Å². The second-order valence-electron chi connectivity index (χ2n) is 4.05. The maximum Gasteiger partial charge on any atom is 0.426 e. The number of hydrogen-bond acceptors (Lipinski definition) is 5. The van der Waals surface area contributed by atoms with Crippen LogP contribution < -0.4 is 10.9 Å². The summed E-state index contributed by atoms with van der Waals surface area (Å²) in [5.74, 6) is -0.624. The van der Waals surface area contributed by atoms with Gasteiger partial charge in [-0.15, -0.1) is 0 Å². The molecule has 2 amide bonds. The Balaban J connectivity index is 2.90. The van der Waals surface area contributed by atoms with E-state index in [0.29, 0.717) is 5.56 Å². The summed E-state index contributed by atoms with van der Waals surface area (Å²) in [5.41, 5.74) is 4.94. The van der Waals surface area contributed by atoms with Crippen molar-refractivity contribution in [2.24, 2.45) is 0 Å². The molecule has 0 radical (unpaired) electrons. The summed E-state index contributed by atoms with van der Waals surface area (Å²) in [5, 5.41) is 0. The zero-order valence-corrected chi connectivity index (χ0v) is 12.2. The fraction of sp³-hybridized carbons (Fsp3) is 0.333. The Morgan fingerprint density at radius 1 is 1.25 bits per heavy atom. The van der Waals surface area contributed by atoms with Gasteiger partial charge in [0.1, 0.15) is 0 Å². The molecule has 0 bridgehead atoms. The average molecular weight is 300 g/mol. The van der Waals surface area contributed by atoms with E-state index >= 15 is 0 Å². The molecule has 1 rings (SSSR count). The molecular formula is C12H16N2O5S. The molecule has 0 unspecified atom stereocenters. The van der Waals surface area contributed by atoms with Gasteiger partial charge in [-0.05, 0) is 31.5 Å². The van der Waals surface area contributed by atoms with E-state index in [0.717, 1.165) is 6.26 Å². The number of amides is 2. The quantitative estimate of drug-likeness (QED) is 0.804. The van der Waals surface area contributed by atoms with Gasteiger partial charge in [-0.3, -0.25) is 10.2 Å². The van der Waals surface area contributed by atoms with Gasteiger partial charge < -0.3 is 4.74 Å². The molecule has 0 aliphatic heterocycles. The summed E-state index contributed by atoms with van der Waals surface area (Å²) >= 11 is 0. The van der Waals surface area contributed by atoms with Gasteiger partial charge in [0, 0.05) is 11.8 Å². The first kappa shape index (κ1) is 16.0. The summed E-state index contributed by atoms with van der Waals surface area (Å²) in [6, 6.07) is 4.20. The molecule has 0 aliphatic rings. The molecule has 0 saturated heterocycles. The maximum absolute atomic E-state index is 11.9. The Bertz CT molecular complexity index is 625. The lowest BCUT2D eigenvalue weighted by molar-refractivity contribution is 0.0912. The Labute approximate surface area is 117 Å². The summed E-state index contributed by atoms with van der Waals surface area (Å²) in [4.78, 5) is 23.0. The lowest BCUT2D eigenvalue weighted by atomic mass is 10.1. The Kier molecular flexibility index (Phi) is 5.09. The first-order chi connectivity index (χ1) is 9.25. The van der Waals surface area contributed by atoms with Gasteiger partial charge in [-0.25, -0.2) is 18.6 Å². The summed E-state index contributed by atoms with van der Waals surface area (Å²) in [6.45, 7) is 3.46. The van der Waals surface area contributed by atoms with Crippen molar-refractivity contribution in [2.45, 2.75) is 18.7 Å². The molecule has 110 valence electrons. The largest absolute Gasteiger partial charge is 0.449 e. The van der Waals surface area contributed by atoms with Crippen molar-refractivity contribution in [3.05, 3.63) is 29.3 Å². The third kappa shape index (κ3) is 4.23. The molecule has 0 aromatic heterocycles. The number of hydrogen-bond donors (Lipinski definition) is 2. The van der Waals surface area contributed by atoms with Crippen LogP contribution in [-0.2, 0) is 14.6 Å². The number of benzene rings is 1. The number of hydrazine groups is 1. The fourth-order valence-electron chi connectivity index (χ4n) is 1.42. The SMILES string of the molecule is CCOC(=O)NNC(=O)c1cc(S(C)(=O)=O)ccc1C. The molecule has 7 nitrogen and oxygen atoms in total. The Morgan fingerprint density at radius 2 is 1.90 bits per heavy atom. The molecule has 0 atom stereocenters. The van der Waals surface area contributed by atoms with Crippen LogP contribution in [0.5, 0.6) is 0 Å². The van der Waals surface area contributed by atoms with Crippen LogP contribution in [0.2, 0.25) is 0 Å². The second-order valence-corrected chi connectivity index (χ2v) is 6.06. The fourth-order valence-corrected chi connectivity index (χ4v) is 2.07. The molecule has 20 heavy (non-hydrogen) atoms. The van der Waals surface area contributed by atoms with E-state index in [4.69, 9.17) is 0 Å². The first-order valence-electron chi connectivity index (χ1n) is 5.79. The molecule has 8 heteroatoms. The molecule has 0 aliphatic carbocycles. The van der Waals surface area contributed by atoms with Gasteiger partial charge in [0.15, 0.2) is 9.84 Å². The van der Waals surface area contributed by atoms with Crippen LogP contribution in [0.3, 0.4) is 0 Å². The number of ether oxygens (including phenoxy) is 1. The van der Waals surface area contributed by atoms with Gasteiger partial charge in [0.2, 0.25) is 0 Å². The van der Waals surface area contributed by atoms with E-state index in [2.05, 4.69) is 15.6 Å². The number of carbonyl (C=O) groups is 2. The molecule has 2 N–H and O–H groups in total. The predicted molar refractivity (Wildman–Crippen MR) is 71.9 cm³/mol. The van der Waals surface area contributed by atoms with Crippen LogP contribution in [0, 0.1) is 6.92 Å². The van der Waals surface area contributed by atoms with Crippen molar-refractivity contribution in [3.8, 4) is 0 Å².